The molecule has 7 nitrogen and oxygen atoms in total. The van der Waals surface area contributed by atoms with Crippen molar-refractivity contribution in [3.05, 3.63) is 43.0 Å². The smallest absolute Gasteiger partial charge is 0.418 e. The number of rotatable bonds is 2. The molecule has 1 N–H and O–H groups in total. The number of aromatic nitrogens is 4. The molecule has 19 heavy (non-hydrogen) atoms. The van der Waals surface area contributed by atoms with Crippen molar-refractivity contribution in [2.75, 3.05) is 0 Å². The van der Waals surface area contributed by atoms with Gasteiger partial charge in [0.2, 0.25) is 0 Å². The summed E-state index contributed by atoms with van der Waals surface area (Å²) in [5.41, 5.74) is 0.488. The van der Waals surface area contributed by atoms with Gasteiger partial charge in [-0.1, -0.05) is 18.2 Å². The highest BCUT2D eigenvalue weighted by molar-refractivity contribution is 5.85. The van der Waals surface area contributed by atoms with Crippen LogP contribution in [0.2, 0.25) is 0 Å². The van der Waals surface area contributed by atoms with Gasteiger partial charge in [-0.05, 0) is 12.1 Å². The number of benzene rings is 1. The van der Waals surface area contributed by atoms with Gasteiger partial charge in [-0.3, -0.25) is 0 Å². The Kier molecular flexibility index (Phi) is 2.57. The lowest BCUT2D eigenvalue weighted by Gasteiger charge is -2.04. The maximum absolute atomic E-state index is 11.0. The van der Waals surface area contributed by atoms with Crippen molar-refractivity contribution in [1.29, 1.82) is 0 Å². The van der Waals surface area contributed by atoms with Gasteiger partial charge < -0.3 is 9.84 Å². The molecule has 2 aromatic heterocycles. The lowest BCUT2D eigenvalue weighted by Crippen LogP contribution is -2.06. The summed E-state index contributed by atoms with van der Waals surface area (Å²) in [6.45, 7) is 0. The molecule has 0 aliphatic rings. The predicted octanol–water partition coefficient (Wildman–Crippen LogP) is 2.14. The van der Waals surface area contributed by atoms with Crippen LogP contribution in [-0.4, -0.2) is 30.7 Å². The standard InChI is InChI=1S/C12H8N4O3/c17-12(18)16-7-15-9-10(16)13-6-14-11(9)19-8-4-2-1-3-5-8/h1-7H,(H,17,18). The number of carboxylic acid groups (broad SMARTS) is 1. The molecule has 3 aromatic rings. The quantitative estimate of drug-likeness (QED) is 0.755. The van der Waals surface area contributed by atoms with Gasteiger partial charge >= 0.3 is 6.09 Å². The lowest BCUT2D eigenvalue weighted by atomic mass is 10.3. The molecule has 0 unspecified atom stereocenters. The molecule has 0 aliphatic heterocycles. The molecule has 0 saturated carbocycles. The Morgan fingerprint density at radius 1 is 1.16 bits per heavy atom. The third-order valence-electron chi connectivity index (χ3n) is 2.46. The summed E-state index contributed by atoms with van der Waals surface area (Å²) in [7, 11) is 0. The van der Waals surface area contributed by atoms with Crippen molar-refractivity contribution < 1.29 is 14.6 Å². The summed E-state index contributed by atoms with van der Waals surface area (Å²) in [4.78, 5) is 22.8. The monoisotopic (exact) mass is 256 g/mol. The summed E-state index contributed by atoms with van der Waals surface area (Å²) in [5, 5.41) is 8.97. The van der Waals surface area contributed by atoms with Crippen molar-refractivity contribution in [3.63, 3.8) is 0 Å². The number of hydrogen-bond acceptors (Lipinski definition) is 5. The molecule has 0 saturated heterocycles. The van der Waals surface area contributed by atoms with E-state index in [0.29, 0.717) is 11.3 Å². The van der Waals surface area contributed by atoms with E-state index in [-0.39, 0.29) is 11.5 Å². The van der Waals surface area contributed by atoms with Crippen LogP contribution in [0.3, 0.4) is 0 Å². The predicted molar refractivity (Wildman–Crippen MR) is 65.3 cm³/mol. The zero-order chi connectivity index (χ0) is 13.2. The van der Waals surface area contributed by atoms with E-state index in [2.05, 4.69) is 15.0 Å². The maximum atomic E-state index is 11.0. The van der Waals surface area contributed by atoms with Gasteiger partial charge in [0.25, 0.3) is 5.88 Å². The molecular formula is C12H8N4O3. The fourth-order valence-corrected chi connectivity index (χ4v) is 1.63. The first-order valence-electron chi connectivity index (χ1n) is 5.40. The first-order chi connectivity index (χ1) is 9.25. The summed E-state index contributed by atoms with van der Waals surface area (Å²) >= 11 is 0. The highest BCUT2D eigenvalue weighted by atomic mass is 16.5. The van der Waals surface area contributed by atoms with Gasteiger partial charge in [0.15, 0.2) is 11.2 Å². The molecule has 7 heteroatoms. The van der Waals surface area contributed by atoms with Crippen LogP contribution in [-0.2, 0) is 0 Å². The number of nitrogens with zero attached hydrogens (tertiary/aromatic N) is 4. The van der Waals surface area contributed by atoms with E-state index in [1.165, 1.54) is 12.7 Å². The largest absolute Gasteiger partial charge is 0.464 e. The van der Waals surface area contributed by atoms with Crippen LogP contribution in [0.25, 0.3) is 11.2 Å². The number of fused-ring (bicyclic) bond motifs is 1. The van der Waals surface area contributed by atoms with Crippen LogP contribution in [0.5, 0.6) is 11.6 Å². The number of hydrogen-bond donors (Lipinski definition) is 1. The molecule has 3 rings (SSSR count). The Morgan fingerprint density at radius 3 is 2.68 bits per heavy atom. The third kappa shape index (κ3) is 1.97. The first-order valence-corrected chi connectivity index (χ1v) is 5.40. The zero-order valence-electron chi connectivity index (χ0n) is 9.59. The van der Waals surface area contributed by atoms with E-state index in [1.807, 2.05) is 18.2 Å². The van der Waals surface area contributed by atoms with Crippen molar-refractivity contribution in [2.24, 2.45) is 0 Å². The molecule has 0 radical (unpaired) electrons. The van der Waals surface area contributed by atoms with Crippen molar-refractivity contribution in [3.8, 4) is 11.6 Å². The normalized spacial score (nSPS) is 10.5. The zero-order valence-corrected chi connectivity index (χ0v) is 9.59. The molecular weight excluding hydrogens is 248 g/mol. The fraction of sp³-hybridized carbons (Fsp3) is 0. The second-order valence-corrected chi connectivity index (χ2v) is 3.66. The number of carbonyl (C=O) groups is 1. The summed E-state index contributed by atoms with van der Waals surface area (Å²) in [5.74, 6) is 0.809. The van der Waals surface area contributed by atoms with Crippen molar-refractivity contribution >= 4 is 17.3 Å². The summed E-state index contributed by atoms with van der Waals surface area (Å²) in [6.07, 6.45) is 1.24. The van der Waals surface area contributed by atoms with E-state index in [9.17, 15) is 4.79 Å². The van der Waals surface area contributed by atoms with Gasteiger partial charge in [0.1, 0.15) is 18.4 Å². The minimum absolute atomic E-state index is 0.188. The highest BCUT2D eigenvalue weighted by Crippen LogP contribution is 2.24. The Labute approximate surface area is 107 Å². The van der Waals surface area contributed by atoms with Crippen molar-refractivity contribution in [1.82, 2.24) is 19.5 Å². The second kappa shape index (κ2) is 4.37. The Morgan fingerprint density at radius 2 is 1.95 bits per heavy atom. The van der Waals surface area contributed by atoms with Gasteiger partial charge in [0, 0.05) is 0 Å². The van der Waals surface area contributed by atoms with E-state index >= 15 is 0 Å². The van der Waals surface area contributed by atoms with Gasteiger partial charge in [0.05, 0.1) is 0 Å². The Bertz CT molecular complexity index is 739. The van der Waals surface area contributed by atoms with E-state index < -0.39 is 6.09 Å². The van der Waals surface area contributed by atoms with Crippen LogP contribution < -0.4 is 4.74 Å². The first kappa shape index (κ1) is 11.1. The second-order valence-electron chi connectivity index (χ2n) is 3.66. The molecule has 1 aromatic carbocycles. The number of ether oxygens (including phenoxy) is 1. The fourth-order valence-electron chi connectivity index (χ4n) is 1.63. The molecule has 0 bridgehead atoms. The number of para-hydroxylation sites is 1. The molecule has 94 valence electrons. The minimum atomic E-state index is -1.16. The SMILES string of the molecule is O=C(O)n1cnc2c(Oc3ccccc3)ncnc21. The van der Waals surface area contributed by atoms with Gasteiger partial charge in [-0.25, -0.2) is 19.3 Å². The lowest BCUT2D eigenvalue weighted by molar-refractivity contribution is 0.197. The average molecular weight is 256 g/mol. The third-order valence-corrected chi connectivity index (χ3v) is 2.46. The Hall–Kier alpha value is -2.96. The number of imidazole rings is 1. The molecule has 0 spiro atoms. The topological polar surface area (TPSA) is 90.1 Å². The average Bonchev–Trinajstić information content (AvgIpc) is 2.85. The van der Waals surface area contributed by atoms with Gasteiger partial charge in [-0.15, -0.1) is 0 Å². The molecule has 0 aliphatic carbocycles. The minimum Gasteiger partial charge on any atom is -0.464 e. The van der Waals surface area contributed by atoms with Crippen LogP contribution >= 0.6 is 0 Å². The maximum Gasteiger partial charge on any atom is 0.418 e. The Balaban J connectivity index is 2.07. The van der Waals surface area contributed by atoms with Crippen LogP contribution in [0.15, 0.2) is 43.0 Å². The molecule has 0 atom stereocenters. The van der Waals surface area contributed by atoms with Crippen LogP contribution in [0.1, 0.15) is 0 Å². The molecule has 0 amide bonds. The summed E-state index contributed by atoms with van der Waals surface area (Å²) in [6, 6.07) is 9.04. The van der Waals surface area contributed by atoms with E-state index in [0.717, 1.165) is 4.57 Å². The molecule has 0 fully saturated rings. The van der Waals surface area contributed by atoms with Gasteiger partial charge in [-0.2, -0.15) is 4.98 Å². The van der Waals surface area contributed by atoms with Crippen LogP contribution in [0, 0.1) is 0 Å². The summed E-state index contributed by atoms with van der Waals surface area (Å²) < 4.78 is 6.48. The highest BCUT2D eigenvalue weighted by Gasteiger charge is 2.14. The van der Waals surface area contributed by atoms with Crippen LogP contribution in [0.4, 0.5) is 4.79 Å². The van der Waals surface area contributed by atoms with E-state index in [4.69, 9.17) is 9.84 Å². The van der Waals surface area contributed by atoms with Crippen molar-refractivity contribution in [2.45, 2.75) is 0 Å². The van der Waals surface area contributed by atoms with E-state index in [1.54, 1.807) is 12.1 Å². The molecule has 2 heterocycles.